The highest BCUT2D eigenvalue weighted by molar-refractivity contribution is 7.86. The lowest BCUT2D eigenvalue weighted by molar-refractivity contribution is 0.478. The lowest BCUT2D eigenvalue weighted by Crippen LogP contribution is -2.11. The Balaban J connectivity index is 2.79. The van der Waals surface area contributed by atoms with Crippen LogP contribution in [-0.4, -0.2) is 25.9 Å². The molecular formula is C18H22O6S2. The third-order valence-electron chi connectivity index (χ3n) is 4.32. The van der Waals surface area contributed by atoms with E-state index in [2.05, 4.69) is 0 Å². The highest BCUT2D eigenvalue weighted by Gasteiger charge is 2.25. The predicted molar refractivity (Wildman–Crippen MR) is 98.7 cm³/mol. The summed E-state index contributed by atoms with van der Waals surface area (Å²) in [7, 11) is -8.83. The van der Waals surface area contributed by atoms with Crippen LogP contribution in [0.15, 0.2) is 46.2 Å². The van der Waals surface area contributed by atoms with Crippen molar-refractivity contribution < 1.29 is 25.9 Å². The van der Waals surface area contributed by atoms with Gasteiger partial charge in [-0.05, 0) is 55.2 Å². The van der Waals surface area contributed by atoms with Crippen molar-refractivity contribution in [2.45, 2.75) is 49.3 Å². The summed E-state index contributed by atoms with van der Waals surface area (Å²) in [4.78, 5) is -0.446. The molecule has 1 unspecified atom stereocenters. The molecule has 0 bridgehead atoms. The second-order valence-electron chi connectivity index (χ2n) is 6.35. The highest BCUT2D eigenvalue weighted by atomic mass is 32.2. The van der Waals surface area contributed by atoms with Gasteiger partial charge in [0.15, 0.2) is 0 Å². The van der Waals surface area contributed by atoms with Crippen molar-refractivity contribution in [2.24, 2.45) is 0 Å². The van der Waals surface area contributed by atoms with Gasteiger partial charge in [0.1, 0.15) is 0 Å². The molecule has 0 radical (unpaired) electrons. The van der Waals surface area contributed by atoms with Crippen LogP contribution in [0.4, 0.5) is 0 Å². The maximum atomic E-state index is 11.8. The van der Waals surface area contributed by atoms with Crippen LogP contribution in [-0.2, 0) is 20.2 Å². The van der Waals surface area contributed by atoms with E-state index in [1.165, 1.54) is 18.2 Å². The van der Waals surface area contributed by atoms with Gasteiger partial charge >= 0.3 is 0 Å². The van der Waals surface area contributed by atoms with Crippen LogP contribution < -0.4 is 0 Å². The molecule has 0 saturated carbocycles. The van der Waals surface area contributed by atoms with Crippen molar-refractivity contribution in [3.63, 3.8) is 0 Å². The van der Waals surface area contributed by atoms with Crippen LogP contribution in [0.1, 0.15) is 47.9 Å². The fourth-order valence-electron chi connectivity index (χ4n) is 3.10. The molecule has 142 valence electrons. The third-order valence-corrected chi connectivity index (χ3v) is 6.10. The second-order valence-corrected chi connectivity index (χ2v) is 9.16. The van der Waals surface area contributed by atoms with E-state index >= 15 is 0 Å². The molecule has 0 aliphatic carbocycles. The topological polar surface area (TPSA) is 109 Å². The minimum absolute atomic E-state index is 0.196. The maximum absolute atomic E-state index is 11.8. The van der Waals surface area contributed by atoms with Crippen molar-refractivity contribution in [2.75, 3.05) is 0 Å². The van der Waals surface area contributed by atoms with Crippen LogP contribution in [0.2, 0.25) is 0 Å². The molecule has 0 aromatic heterocycles. The smallest absolute Gasteiger partial charge is 0.282 e. The van der Waals surface area contributed by atoms with E-state index in [1.807, 2.05) is 13.8 Å². The SMILES string of the molecule is CCCC(c1cc(S(=O)(=O)O)ccc1C)c1cc(C)ccc1S(=O)(=O)O. The summed E-state index contributed by atoms with van der Waals surface area (Å²) in [5.41, 5.74) is 2.58. The molecule has 0 heterocycles. The molecule has 0 saturated heterocycles. The van der Waals surface area contributed by atoms with Gasteiger partial charge in [-0.15, -0.1) is 0 Å². The zero-order valence-corrected chi connectivity index (χ0v) is 16.4. The minimum Gasteiger partial charge on any atom is -0.282 e. The lowest BCUT2D eigenvalue weighted by atomic mass is 9.84. The lowest BCUT2D eigenvalue weighted by Gasteiger charge is -2.22. The van der Waals surface area contributed by atoms with Gasteiger partial charge in [0.25, 0.3) is 20.2 Å². The molecule has 8 heteroatoms. The number of rotatable bonds is 6. The average molecular weight is 399 g/mol. The summed E-state index contributed by atoms with van der Waals surface area (Å²) in [6, 6.07) is 8.87. The van der Waals surface area contributed by atoms with Crippen LogP contribution in [0.25, 0.3) is 0 Å². The molecule has 0 fully saturated rings. The van der Waals surface area contributed by atoms with Crippen LogP contribution >= 0.6 is 0 Å². The van der Waals surface area contributed by atoms with E-state index in [0.717, 1.165) is 11.1 Å². The molecule has 2 rings (SSSR count). The Labute approximate surface area is 154 Å². The summed E-state index contributed by atoms with van der Waals surface area (Å²) in [6.45, 7) is 5.52. The quantitative estimate of drug-likeness (QED) is 0.718. The second kappa shape index (κ2) is 7.48. The van der Waals surface area contributed by atoms with Gasteiger partial charge in [-0.2, -0.15) is 16.8 Å². The summed E-state index contributed by atoms with van der Waals surface area (Å²) < 4.78 is 65.7. The van der Waals surface area contributed by atoms with Crippen molar-refractivity contribution in [1.29, 1.82) is 0 Å². The monoisotopic (exact) mass is 398 g/mol. The summed E-state index contributed by atoms with van der Waals surface area (Å²) in [5, 5.41) is 0. The molecule has 0 aliphatic heterocycles. The first-order chi connectivity index (χ1) is 11.9. The molecule has 2 aromatic rings. The number of hydrogen-bond donors (Lipinski definition) is 2. The first-order valence-corrected chi connectivity index (χ1v) is 11.0. The standard InChI is InChI=1S/C18H22O6S2/c1-4-5-15(16-11-14(25(19,20)21)8-7-13(16)3)17-10-12(2)6-9-18(17)26(22,23)24/h6-11,15H,4-5H2,1-3H3,(H,19,20,21)(H,22,23,24). The minimum atomic E-state index is -4.44. The van der Waals surface area contributed by atoms with Gasteiger partial charge in [-0.3, -0.25) is 9.11 Å². The van der Waals surface area contributed by atoms with E-state index in [-0.39, 0.29) is 9.79 Å². The van der Waals surface area contributed by atoms with Gasteiger partial charge in [-0.1, -0.05) is 37.1 Å². The van der Waals surface area contributed by atoms with Crippen molar-refractivity contribution in [3.8, 4) is 0 Å². The van der Waals surface area contributed by atoms with E-state index in [4.69, 9.17) is 0 Å². The van der Waals surface area contributed by atoms with Crippen molar-refractivity contribution >= 4 is 20.2 Å². The van der Waals surface area contributed by atoms with Crippen LogP contribution in [0.3, 0.4) is 0 Å². The van der Waals surface area contributed by atoms with E-state index in [9.17, 15) is 25.9 Å². The van der Waals surface area contributed by atoms with Gasteiger partial charge < -0.3 is 0 Å². The molecule has 1 atom stereocenters. The first kappa shape index (κ1) is 20.6. The first-order valence-electron chi connectivity index (χ1n) is 8.11. The largest absolute Gasteiger partial charge is 0.294 e. The Kier molecular flexibility index (Phi) is 5.92. The Morgan fingerprint density at radius 3 is 2.08 bits per heavy atom. The van der Waals surface area contributed by atoms with E-state index < -0.39 is 26.2 Å². The van der Waals surface area contributed by atoms with Crippen molar-refractivity contribution in [3.05, 3.63) is 58.7 Å². The fraction of sp³-hybridized carbons (Fsp3) is 0.333. The van der Waals surface area contributed by atoms with E-state index in [1.54, 1.807) is 25.1 Å². The van der Waals surface area contributed by atoms with E-state index in [0.29, 0.717) is 24.0 Å². The maximum Gasteiger partial charge on any atom is 0.294 e. The molecule has 26 heavy (non-hydrogen) atoms. The number of hydrogen-bond acceptors (Lipinski definition) is 4. The predicted octanol–water partition coefficient (Wildman–Crippen LogP) is 3.73. The Bertz CT molecular complexity index is 1020. The molecule has 0 aliphatic rings. The summed E-state index contributed by atoms with van der Waals surface area (Å²) in [5.74, 6) is -0.446. The molecule has 0 spiro atoms. The normalized spacial score (nSPS) is 13.6. The number of benzene rings is 2. The molecule has 6 nitrogen and oxygen atoms in total. The average Bonchev–Trinajstić information content (AvgIpc) is 2.51. The Morgan fingerprint density at radius 2 is 1.54 bits per heavy atom. The van der Waals surface area contributed by atoms with Crippen molar-refractivity contribution in [1.82, 2.24) is 0 Å². The Morgan fingerprint density at radius 1 is 0.885 bits per heavy atom. The molecule has 2 aromatic carbocycles. The third kappa shape index (κ3) is 4.50. The zero-order chi connectivity index (χ0) is 19.7. The fourth-order valence-corrected chi connectivity index (χ4v) is 4.35. The Hall–Kier alpha value is -1.74. The zero-order valence-electron chi connectivity index (χ0n) is 14.8. The molecule has 2 N–H and O–H groups in total. The van der Waals surface area contributed by atoms with Crippen LogP contribution in [0.5, 0.6) is 0 Å². The van der Waals surface area contributed by atoms with Gasteiger partial charge in [-0.25, -0.2) is 0 Å². The number of aryl methyl sites for hydroxylation is 2. The molecule has 0 amide bonds. The molecular weight excluding hydrogens is 376 g/mol. The summed E-state index contributed by atoms with van der Waals surface area (Å²) in [6.07, 6.45) is 1.25. The van der Waals surface area contributed by atoms with Gasteiger partial charge in [0.2, 0.25) is 0 Å². The van der Waals surface area contributed by atoms with Gasteiger partial charge in [0, 0.05) is 5.92 Å². The van der Waals surface area contributed by atoms with Gasteiger partial charge in [0.05, 0.1) is 9.79 Å². The van der Waals surface area contributed by atoms with Crippen LogP contribution in [0, 0.1) is 13.8 Å². The summed E-state index contributed by atoms with van der Waals surface area (Å²) >= 11 is 0. The highest BCUT2D eigenvalue weighted by Crippen LogP contribution is 2.36.